The number of esters is 1. The van der Waals surface area contributed by atoms with Gasteiger partial charge >= 0.3 is 16.2 Å². The zero-order valence-electron chi connectivity index (χ0n) is 10.9. The van der Waals surface area contributed by atoms with Gasteiger partial charge in [0.2, 0.25) is 5.91 Å². The van der Waals surface area contributed by atoms with Gasteiger partial charge in [-0.05, 0) is 0 Å². The maximum atomic E-state index is 12.0. The average Bonchev–Trinajstić information content (AvgIpc) is 2.71. The summed E-state index contributed by atoms with van der Waals surface area (Å²) in [5.74, 6) is -1.44. The first kappa shape index (κ1) is 15.1. The predicted octanol–water partition coefficient (Wildman–Crippen LogP) is -0.717. The molecule has 1 aromatic rings. The van der Waals surface area contributed by atoms with Crippen LogP contribution in [0.5, 0.6) is 0 Å². The van der Waals surface area contributed by atoms with Gasteiger partial charge < -0.3 is 10.1 Å². The first-order valence-electron chi connectivity index (χ1n) is 5.09. The number of aromatic nitrogens is 2. The molecule has 0 saturated heterocycles. The molecule has 0 atom stereocenters. The molecular weight excluding hydrogens is 276 g/mol. The molecule has 0 aliphatic carbocycles. The highest BCUT2D eigenvalue weighted by Crippen LogP contribution is 2.15. The lowest BCUT2D eigenvalue weighted by Gasteiger charge is -2.13. The molecule has 1 aromatic heterocycles. The van der Waals surface area contributed by atoms with Crippen molar-refractivity contribution < 1.29 is 22.7 Å². The standard InChI is InChI=1S/C9H14N4O5S/c1-6(14)10-8-5-7(9(15)18-4)11-13(8)19(16,17)12(2)3/h5H,1-4H3,(H,10,14). The summed E-state index contributed by atoms with van der Waals surface area (Å²) in [6.07, 6.45) is 0. The van der Waals surface area contributed by atoms with Crippen molar-refractivity contribution in [1.82, 2.24) is 13.5 Å². The minimum absolute atomic E-state index is 0.137. The van der Waals surface area contributed by atoms with E-state index < -0.39 is 22.1 Å². The summed E-state index contributed by atoms with van der Waals surface area (Å²) < 4.78 is 29.9. The number of rotatable bonds is 4. The Morgan fingerprint density at radius 3 is 2.42 bits per heavy atom. The number of hydrogen-bond donors (Lipinski definition) is 1. The normalized spacial score (nSPS) is 11.4. The van der Waals surface area contributed by atoms with E-state index in [0.29, 0.717) is 4.09 Å². The summed E-state index contributed by atoms with van der Waals surface area (Å²) in [5.41, 5.74) is -0.225. The summed E-state index contributed by atoms with van der Waals surface area (Å²) in [4.78, 5) is 22.4. The molecule has 19 heavy (non-hydrogen) atoms. The molecule has 9 nitrogen and oxygen atoms in total. The number of anilines is 1. The zero-order valence-corrected chi connectivity index (χ0v) is 11.7. The summed E-state index contributed by atoms with van der Waals surface area (Å²) in [5, 5.41) is 5.91. The van der Waals surface area contributed by atoms with Gasteiger partial charge in [0.05, 0.1) is 7.11 Å². The van der Waals surface area contributed by atoms with Crippen molar-refractivity contribution in [1.29, 1.82) is 0 Å². The molecule has 0 spiro atoms. The first-order valence-corrected chi connectivity index (χ1v) is 6.49. The van der Waals surface area contributed by atoms with Gasteiger partial charge in [0.15, 0.2) is 5.69 Å². The van der Waals surface area contributed by atoms with Crippen LogP contribution in [0.15, 0.2) is 6.07 Å². The Hall–Kier alpha value is -1.94. The number of carbonyl (C=O) groups excluding carboxylic acids is 2. The molecule has 1 rings (SSSR count). The molecule has 0 aliphatic rings. The SMILES string of the molecule is COC(=O)c1cc(NC(C)=O)n(S(=O)(=O)N(C)C)n1. The first-order chi connectivity index (χ1) is 8.70. The molecular formula is C9H14N4O5S. The molecule has 106 valence electrons. The van der Waals surface area contributed by atoms with Crippen molar-refractivity contribution in [3.8, 4) is 0 Å². The Labute approximate surface area is 110 Å². The minimum Gasteiger partial charge on any atom is -0.464 e. The van der Waals surface area contributed by atoms with Crippen LogP contribution in [0.25, 0.3) is 0 Å². The molecule has 1 heterocycles. The van der Waals surface area contributed by atoms with Gasteiger partial charge in [-0.1, -0.05) is 0 Å². The van der Waals surface area contributed by atoms with Crippen molar-refractivity contribution in [2.24, 2.45) is 0 Å². The van der Waals surface area contributed by atoms with E-state index in [1.165, 1.54) is 21.0 Å². The van der Waals surface area contributed by atoms with Crippen LogP contribution in [0.3, 0.4) is 0 Å². The Morgan fingerprint density at radius 2 is 2.00 bits per heavy atom. The average molecular weight is 290 g/mol. The van der Waals surface area contributed by atoms with E-state index in [-0.39, 0.29) is 11.5 Å². The summed E-state index contributed by atoms with van der Waals surface area (Å²) >= 11 is 0. The Morgan fingerprint density at radius 1 is 1.42 bits per heavy atom. The second-order valence-corrected chi connectivity index (χ2v) is 5.69. The van der Waals surface area contributed by atoms with Crippen molar-refractivity contribution in [2.45, 2.75) is 6.92 Å². The van der Waals surface area contributed by atoms with Crippen molar-refractivity contribution in [3.05, 3.63) is 11.8 Å². The van der Waals surface area contributed by atoms with Crippen LogP contribution < -0.4 is 5.32 Å². The maximum Gasteiger partial charge on any atom is 0.358 e. The molecule has 10 heteroatoms. The van der Waals surface area contributed by atoms with Gasteiger partial charge in [-0.15, -0.1) is 9.19 Å². The number of ether oxygens (including phenoxy) is 1. The molecule has 0 aromatic carbocycles. The zero-order chi connectivity index (χ0) is 14.8. The molecule has 0 aliphatic heterocycles. The van der Waals surface area contributed by atoms with E-state index in [4.69, 9.17) is 0 Å². The van der Waals surface area contributed by atoms with Crippen LogP contribution in [0.1, 0.15) is 17.4 Å². The van der Waals surface area contributed by atoms with Crippen LogP contribution in [-0.4, -0.2) is 55.0 Å². The lowest BCUT2D eigenvalue weighted by molar-refractivity contribution is -0.114. The van der Waals surface area contributed by atoms with Gasteiger partial charge in [-0.3, -0.25) is 4.79 Å². The van der Waals surface area contributed by atoms with Crippen molar-refractivity contribution >= 4 is 27.9 Å². The number of amides is 1. The van der Waals surface area contributed by atoms with Crippen molar-refractivity contribution in [3.63, 3.8) is 0 Å². The summed E-state index contributed by atoms with van der Waals surface area (Å²) in [7, 11) is -0.223. The number of nitrogens with one attached hydrogen (secondary N) is 1. The lowest BCUT2D eigenvalue weighted by atomic mass is 10.4. The highest BCUT2D eigenvalue weighted by atomic mass is 32.2. The summed E-state index contributed by atoms with van der Waals surface area (Å²) in [6, 6.07) is 1.12. The number of methoxy groups -OCH3 is 1. The van der Waals surface area contributed by atoms with Gasteiger partial charge in [0.25, 0.3) is 0 Å². The quantitative estimate of drug-likeness (QED) is 0.733. The van der Waals surface area contributed by atoms with Crippen molar-refractivity contribution in [2.75, 3.05) is 26.5 Å². The van der Waals surface area contributed by atoms with Crippen LogP contribution in [0.4, 0.5) is 5.82 Å². The fourth-order valence-electron chi connectivity index (χ4n) is 1.16. The molecule has 0 fully saturated rings. The van der Waals surface area contributed by atoms with E-state index >= 15 is 0 Å². The topological polar surface area (TPSA) is 111 Å². The van der Waals surface area contributed by atoms with Crippen LogP contribution in [0, 0.1) is 0 Å². The fourth-order valence-corrected chi connectivity index (χ4v) is 2.01. The largest absolute Gasteiger partial charge is 0.464 e. The van der Waals surface area contributed by atoms with E-state index in [0.717, 1.165) is 17.5 Å². The Kier molecular flexibility index (Phi) is 4.27. The Bertz CT molecular complexity index is 604. The maximum absolute atomic E-state index is 12.0. The third kappa shape index (κ3) is 3.09. The predicted molar refractivity (Wildman–Crippen MR) is 65.9 cm³/mol. The molecule has 0 radical (unpaired) electrons. The van der Waals surface area contributed by atoms with Gasteiger partial charge in [-0.2, -0.15) is 12.7 Å². The van der Waals surface area contributed by atoms with Crippen LogP contribution in [-0.2, 0) is 19.7 Å². The minimum atomic E-state index is -3.96. The van der Waals surface area contributed by atoms with Crippen LogP contribution >= 0.6 is 0 Å². The van der Waals surface area contributed by atoms with E-state index in [2.05, 4.69) is 15.2 Å². The highest BCUT2D eigenvalue weighted by Gasteiger charge is 2.25. The second-order valence-electron chi connectivity index (χ2n) is 3.72. The lowest BCUT2D eigenvalue weighted by Crippen LogP contribution is -2.31. The molecule has 0 saturated carbocycles. The van der Waals surface area contributed by atoms with Crippen LogP contribution in [0.2, 0.25) is 0 Å². The van der Waals surface area contributed by atoms with Gasteiger partial charge in [0.1, 0.15) is 5.82 Å². The molecule has 0 unspecified atom stereocenters. The molecule has 0 bridgehead atoms. The number of hydrogen-bond acceptors (Lipinski definition) is 6. The molecule has 1 N–H and O–H groups in total. The molecule has 1 amide bonds. The number of carbonyl (C=O) groups is 2. The number of nitrogens with zero attached hydrogens (tertiary/aromatic N) is 3. The summed E-state index contributed by atoms with van der Waals surface area (Å²) in [6.45, 7) is 1.21. The monoisotopic (exact) mass is 290 g/mol. The van der Waals surface area contributed by atoms with Gasteiger partial charge in [0, 0.05) is 27.1 Å². The highest BCUT2D eigenvalue weighted by molar-refractivity contribution is 7.87. The smallest absolute Gasteiger partial charge is 0.358 e. The third-order valence-electron chi connectivity index (χ3n) is 2.06. The second kappa shape index (κ2) is 5.36. The van der Waals surface area contributed by atoms with E-state index in [9.17, 15) is 18.0 Å². The Balaban J connectivity index is 3.40. The fraction of sp³-hybridized carbons (Fsp3) is 0.444. The third-order valence-corrected chi connectivity index (χ3v) is 3.70. The van der Waals surface area contributed by atoms with E-state index in [1.54, 1.807) is 0 Å². The van der Waals surface area contributed by atoms with Gasteiger partial charge in [-0.25, -0.2) is 4.79 Å². The van der Waals surface area contributed by atoms with E-state index in [1.807, 2.05) is 0 Å².